The Morgan fingerprint density at radius 1 is 1.03 bits per heavy atom. The fraction of sp³-hybridized carbons (Fsp3) is 0.636. The third-order valence-corrected chi connectivity index (χ3v) is 5.91. The van der Waals surface area contributed by atoms with Gasteiger partial charge in [0.1, 0.15) is 6.04 Å². The molecule has 0 bridgehead atoms. The maximum Gasteiger partial charge on any atom is 0.318 e. The van der Waals surface area contributed by atoms with Crippen LogP contribution in [0, 0.1) is 0 Å². The van der Waals surface area contributed by atoms with Crippen LogP contribution >= 0.6 is 0 Å². The molecule has 3 amide bonds. The predicted octanol–water partition coefficient (Wildman–Crippen LogP) is 2.87. The van der Waals surface area contributed by atoms with Crippen molar-refractivity contribution in [2.24, 2.45) is 0 Å². The van der Waals surface area contributed by atoms with Crippen LogP contribution in [0.15, 0.2) is 18.2 Å². The van der Waals surface area contributed by atoms with Gasteiger partial charge in [0.15, 0.2) is 11.5 Å². The molecule has 3 rings (SSSR count). The van der Waals surface area contributed by atoms with Gasteiger partial charge in [-0.3, -0.25) is 4.79 Å². The molecule has 1 heterocycles. The lowest BCUT2D eigenvalue weighted by atomic mass is 9.96. The summed E-state index contributed by atoms with van der Waals surface area (Å²) in [6.45, 7) is 1.16. The Morgan fingerprint density at radius 2 is 1.79 bits per heavy atom. The largest absolute Gasteiger partial charge is 0.493 e. The van der Waals surface area contributed by atoms with E-state index in [0.29, 0.717) is 31.0 Å². The number of benzene rings is 1. The Bertz CT molecular complexity index is 703. The van der Waals surface area contributed by atoms with Gasteiger partial charge in [-0.25, -0.2) is 4.79 Å². The van der Waals surface area contributed by atoms with Crippen molar-refractivity contribution in [2.75, 3.05) is 27.3 Å². The summed E-state index contributed by atoms with van der Waals surface area (Å²) in [4.78, 5) is 27.1. The molecular formula is C22H33N3O4. The maximum absolute atomic E-state index is 12.7. The van der Waals surface area contributed by atoms with Crippen molar-refractivity contribution in [3.8, 4) is 11.5 Å². The number of hydrogen-bond acceptors (Lipinski definition) is 4. The van der Waals surface area contributed by atoms with Crippen molar-refractivity contribution in [2.45, 2.75) is 63.5 Å². The van der Waals surface area contributed by atoms with E-state index in [0.717, 1.165) is 31.2 Å². The van der Waals surface area contributed by atoms with E-state index in [-0.39, 0.29) is 24.0 Å². The van der Waals surface area contributed by atoms with E-state index in [1.807, 2.05) is 18.2 Å². The molecule has 2 fully saturated rings. The Morgan fingerprint density at radius 3 is 2.52 bits per heavy atom. The highest BCUT2D eigenvalue weighted by Crippen LogP contribution is 2.27. The molecule has 7 heteroatoms. The summed E-state index contributed by atoms with van der Waals surface area (Å²) in [7, 11) is 3.21. The van der Waals surface area contributed by atoms with Crippen LogP contribution in [0.3, 0.4) is 0 Å². The Kier molecular flexibility index (Phi) is 7.61. The van der Waals surface area contributed by atoms with Gasteiger partial charge < -0.3 is 25.0 Å². The van der Waals surface area contributed by atoms with Crippen molar-refractivity contribution in [3.63, 3.8) is 0 Å². The summed E-state index contributed by atoms with van der Waals surface area (Å²) in [6, 6.07) is 5.55. The SMILES string of the molecule is COc1ccc(CCNC(=O)[C@H]2CCCN2C(=O)NC2CCCCC2)cc1OC. The molecule has 0 unspecified atom stereocenters. The zero-order chi connectivity index (χ0) is 20.6. The second-order valence-electron chi connectivity index (χ2n) is 7.87. The highest BCUT2D eigenvalue weighted by Gasteiger charge is 2.34. The van der Waals surface area contributed by atoms with Gasteiger partial charge in [0.2, 0.25) is 5.91 Å². The van der Waals surface area contributed by atoms with Crippen LogP contribution in [0.5, 0.6) is 11.5 Å². The molecule has 0 aromatic heterocycles. The number of methoxy groups -OCH3 is 2. The molecule has 1 saturated carbocycles. The fourth-order valence-electron chi connectivity index (χ4n) is 4.27. The normalized spacial score (nSPS) is 19.7. The summed E-state index contributed by atoms with van der Waals surface area (Å²) in [5.41, 5.74) is 1.06. The Hall–Kier alpha value is -2.44. The maximum atomic E-state index is 12.7. The van der Waals surface area contributed by atoms with Crippen molar-refractivity contribution in [1.29, 1.82) is 0 Å². The van der Waals surface area contributed by atoms with Gasteiger partial charge in [-0.1, -0.05) is 25.3 Å². The minimum Gasteiger partial charge on any atom is -0.493 e. The number of amides is 3. The average Bonchev–Trinajstić information content (AvgIpc) is 3.24. The first-order valence-electron chi connectivity index (χ1n) is 10.7. The average molecular weight is 404 g/mol. The molecule has 0 spiro atoms. The molecular weight excluding hydrogens is 370 g/mol. The topological polar surface area (TPSA) is 79.9 Å². The molecule has 0 radical (unpaired) electrons. The second-order valence-corrected chi connectivity index (χ2v) is 7.87. The van der Waals surface area contributed by atoms with E-state index in [1.54, 1.807) is 19.1 Å². The lowest BCUT2D eigenvalue weighted by molar-refractivity contribution is -0.124. The van der Waals surface area contributed by atoms with Gasteiger partial charge in [0.25, 0.3) is 0 Å². The van der Waals surface area contributed by atoms with E-state index >= 15 is 0 Å². The number of likely N-dealkylation sites (tertiary alicyclic amines) is 1. The van der Waals surface area contributed by atoms with Crippen molar-refractivity contribution in [1.82, 2.24) is 15.5 Å². The predicted molar refractivity (Wildman–Crippen MR) is 111 cm³/mol. The molecule has 160 valence electrons. The van der Waals surface area contributed by atoms with E-state index in [2.05, 4.69) is 10.6 Å². The number of carbonyl (C=O) groups is 2. The summed E-state index contributed by atoms with van der Waals surface area (Å²) < 4.78 is 10.6. The molecule has 1 aromatic carbocycles. The number of urea groups is 1. The monoisotopic (exact) mass is 403 g/mol. The number of nitrogens with zero attached hydrogens (tertiary/aromatic N) is 1. The molecule has 29 heavy (non-hydrogen) atoms. The molecule has 7 nitrogen and oxygen atoms in total. The molecule has 1 aromatic rings. The number of carbonyl (C=O) groups excluding carboxylic acids is 2. The Labute approximate surface area is 173 Å². The third kappa shape index (κ3) is 5.55. The van der Waals surface area contributed by atoms with Crippen molar-refractivity contribution >= 4 is 11.9 Å². The first-order chi connectivity index (χ1) is 14.1. The summed E-state index contributed by atoms with van der Waals surface area (Å²) in [5.74, 6) is 1.30. The van der Waals surface area contributed by atoms with E-state index < -0.39 is 0 Å². The molecule has 2 aliphatic rings. The van der Waals surface area contributed by atoms with Crippen LogP contribution < -0.4 is 20.1 Å². The first-order valence-corrected chi connectivity index (χ1v) is 10.7. The molecule has 1 atom stereocenters. The van der Waals surface area contributed by atoms with Gasteiger partial charge >= 0.3 is 6.03 Å². The van der Waals surface area contributed by atoms with Gasteiger partial charge in [0.05, 0.1) is 14.2 Å². The molecule has 1 aliphatic carbocycles. The van der Waals surface area contributed by atoms with Crippen molar-refractivity contribution < 1.29 is 19.1 Å². The smallest absolute Gasteiger partial charge is 0.318 e. The quantitative estimate of drug-likeness (QED) is 0.734. The lowest BCUT2D eigenvalue weighted by Gasteiger charge is -2.29. The standard InChI is InChI=1S/C22H33N3O4/c1-28-19-11-10-16(15-20(19)29-2)12-13-23-21(26)18-9-6-14-25(18)22(27)24-17-7-4-3-5-8-17/h10-11,15,17-18H,3-9,12-14H2,1-2H3,(H,23,26)(H,24,27)/t18-/m1/s1. The van der Waals surface area contributed by atoms with E-state index in [4.69, 9.17) is 9.47 Å². The van der Waals surface area contributed by atoms with Gasteiger partial charge in [-0.05, 0) is 49.8 Å². The summed E-state index contributed by atoms with van der Waals surface area (Å²) in [6.07, 6.45) is 7.96. The minimum absolute atomic E-state index is 0.0678. The highest BCUT2D eigenvalue weighted by molar-refractivity contribution is 5.87. The minimum atomic E-state index is -0.371. The molecule has 2 N–H and O–H groups in total. The number of hydrogen-bond donors (Lipinski definition) is 2. The second kappa shape index (κ2) is 10.4. The number of ether oxygens (including phenoxy) is 2. The van der Waals surface area contributed by atoms with Crippen LogP contribution in [0.4, 0.5) is 4.79 Å². The van der Waals surface area contributed by atoms with Crippen LogP contribution in [0.25, 0.3) is 0 Å². The van der Waals surface area contributed by atoms with Crippen LogP contribution in [-0.2, 0) is 11.2 Å². The third-order valence-electron chi connectivity index (χ3n) is 5.91. The van der Waals surface area contributed by atoms with Gasteiger partial charge in [-0.2, -0.15) is 0 Å². The lowest BCUT2D eigenvalue weighted by Crippen LogP contribution is -2.52. The fourth-order valence-corrected chi connectivity index (χ4v) is 4.27. The van der Waals surface area contributed by atoms with Gasteiger partial charge in [0, 0.05) is 19.1 Å². The van der Waals surface area contributed by atoms with Crippen LogP contribution in [-0.4, -0.2) is 56.2 Å². The zero-order valence-corrected chi connectivity index (χ0v) is 17.5. The van der Waals surface area contributed by atoms with Gasteiger partial charge in [-0.15, -0.1) is 0 Å². The summed E-state index contributed by atoms with van der Waals surface area (Å²) in [5, 5.41) is 6.13. The Balaban J connectivity index is 1.48. The number of nitrogens with one attached hydrogen (secondary N) is 2. The zero-order valence-electron chi connectivity index (χ0n) is 17.5. The number of rotatable bonds is 7. The van der Waals surface area contributed by atoms with Crippen LogP contribution in [0.1, 0.15) is 50.5 Å². The summed E-state index contributed by atoms with van der Waals surface area (Å²) >= 11 is 0. The highest BCUT2D eigenvalue weighted by atomic mass is 16.5. The molecule has 1 saturated heterocycles. The first kappa shape index (κ1) is 21.3. The van der Waals surface area contributed by atoms with E-state index in [1.165, 1.54) is 19.3 Å². The molecule has 1 aliphatic heterocycles. The van der Waals surface area contributed by atoms with E-state index in [9.17, 15) is 9.59 Å². The van der Waals surface area contributed by atoms with Crippen LogP contribution in [0.2, 0.25) is 0 Å². The van der Waals surface area contributed by atoms with Crippen molar-refractivity contribution in [3.05, 3.63) is 23.8 Å².